The SMILES string of the molecule is Cn1ccc2c1C(=O)N(CCCCl)CCC2=NO. The van der Waals surface area contributed by atoms with E-state index in [9.17, 15) is 4.79 Å². The molecule has 0 unspecified atom stereocenters. The maximum atomic E-state index is 12.4. The lowest BCUT2D eigenvalue weighted by Gasteiger charge is -2.20. The van der Waals surface area contributed by atoms with Gasteiger partial charge in [0.2, 0.25) is 0 Å². The van der Waals surface area contributed by atoms with Gasteiger partial charge >= 0.3 is 0 Å². The first-order valence-electron chi connectivity index (χ1n) is 5.91. The van der Waals surface area contributed by atoms with Crippen LogP contribution in [-0.2, 0) is 7.05 Å². The topological polar surface area (TPSA) is 57.8 Å². The summed E-state index contributed by atoms with van der Waals surface area (Å²) in [4.78, 5) is 14.2. The monoisotopic (exact) mass is 269 g/mol. The van der Waals surface area contributed by atoms with Gasteiger partial charge in [0.1, 0.15) is 5.69 Å². The molecular weight excluding hydrogens is 254 g/mol. The minimum absolute atomic E-state index is 0.0266. The molecule has 0 saturated heterocycles. The van der Waals surface area contributed by atoms with Gasteiger partial charge in [-0.15, -0.1) is 11.6 Å². The molecule has 1 aromatic heterocycles. The van der Waals surface area contributed by atoms with E-state index in [2.05, 4.69) is 5.16 Å². The molecule has 1 amide bonds. The van der Waals surface area contributed by atoms with Gasteiger partial charge in [-0.1, -0.05) is 5.16 Å². The third kappa shape index (κ3) is 2.22. The van der Waals surface area contributed by atoms with Crippen molar-refractivity contribution < 1.29 is 10.0 Å². The first kappa shape index (κ1) is 13.0. The highest BCUT2D eigenvalue weighted by Crippen LogP contribution is 2.20. The van der Waals surface area contributed by atoms with Crippen LogP contribution in [0.5, 0.6) is 0 Å². The van der Waals surface area contributed by atoms with Crippen LogP contribution in [0, 0.1) is 0 Å². The summed E-state index contributed by atoms with van der Waals surface area (Å²) in [7, 11) is 1.82. The van der Waals surface area contributed by atoms with Gasteiger partial charge in [0.05, 0.1) is 5.71 Å². The fourth-order valence-corrected chi connectivity index (χ4v) is 2.34. The quantitative estimate of drug-likeness (QED) is 0.516. The third-order valence-corrected chi connectivity index (χ3v) is 3.44. The maximum Gasteiger partial charge on any atom is 0.271 e. The molecule has 0 atom stereocenters. The summed E-state index contributed by atoms with van der Waals surface area (Å²) in [5.41, 5.74) is 1.86. The standard InChI is InChI=1S/C12H16ClN3O2/c1-15-7-3-9-10(14-18)4-8-16(6-2-5-13)12(17)11(9)15/h3,7,18H,2,4-6,8H2,1H3. The van der Waals surface area contributed by atoms with Gasteiger partial charge < -0.3 is 14.7 Å². The molecule has 1 aliphatic heterocycles. The van der Waals surface area contributed by atoms with Crippen LogP contribution < -0.4 is 0 Å². The average molecular weight is 270 g/mol. The summed E-state index contributed by atoms with van der Waals surface area (Å²) < 4.78 is 1.77. The van der Waals surface area contributed by atoms with Crippen LogP contribution >= 0.6 is 11.6 Å². The number of nitrogens with zero attached hydrogens (tertiary/aromatic N) is 3. The number of hydrogen-bond acceptors (Lipinski definition) is 3. The predicted molar refractivity (Wildman–Crippen MR) is 69.6 cm³/mol. The highest BCUT2D eigenvalue weighted by Gasteiger charge is 2.28. The zero-order valence-corrected chi connectivity index (χ0v) is 11.0. The molecule has 0 saturated carbocycles. The van der Waals surface area contributed by atoms with Crippen molar-refractivity contribution in [2.75, 3.05) is 19.0 Å². The van der Waals surface area contributed by atoms with E-state index in [0.717, 1.165) is 12.0 Å². The van der Waals surface area contributed by atoms with Crippen LogP contribution in [-0.4, -0.2) is 45.3 Å². The minimum atomic E-state index is -0.0266. The molecule has 1 aromatic rings. The van der Waals surface area contributed by atoms with Crippen LogP contribution in [0.4, 0.5) is 0 Å². The fourth-order valence-electron chi connectivity index (χ4n) is 2.22. The van der Waals surface area contributed by atoms with Crippen molar-refractivity contribution in [3.8, 4) is 0 Å². The lowest BCUT2D eigenvalue weighted by atomic mass is 10.1. The molecule has 1 aliphatic rings. The Kier molecular flexibility index (Phi) is 3.91. The van der Waals surface area contributed by atoms with Crippen molar-refractivity contribution in [2.45, 2.75) is 12.8 Å². The number of amides is 1. The number of aryl methyl sites for hydroxylation is 1. The van der Waals surface area contributed by atoms with Gasteiger partial charge in [-0.25, -0.2) is 0 Å². The van der Waals surface area contributed by atoms with Gasteiger partial charge in [-0.3, -0.25) is 4.79 Å². The molecule has 0 radical (unpaired) electrons. The predicted octanol–water partition coefficient (Wildman–Crippen LogP) is 1.68. The third-order valence-electron chi connectivity index (χ3n) is 3.17. The zero-order valence-electron chi connectivity index (χ0n) is 10.3. The van der Waals surface area contributed by atoms with Crippen molar-refractivity contribution in [2.24, 2.45) is 12.2 Å². The van der Waals surface area contributed by atoms with Gasteiger partial charge in [-0.05, 0) is 12.5 Å². The number of alkyl halides is 1. The maximum absolute atomic E-state index is 12.4. The second-order valence-electron chi connectivity index (χ2n) is 4.32. The van der Waals surface area contributed by atoms with Gasteiger partial charge in [0.25, 0.3) is 5.91 Å². The molecule has 0 fully saturated rings. The van der Waals surface area contributed by atoms with Crippen LogP contribution in [0.1, 0.15) is 28.9 Å². The molecule has 0 aliphatic carbocycles. The number of carbonyl (C=O) groups excluding carboxylic acids is 1. The number of hydrogen-bond donors (Lipinski definition) is 1. The Bertz CT molecular complexity index is 482. The van der Waals surface area contributed by atoms with Crippen molar-refractivity contribution >= 4 is 23.2 Å². The smallest absolute Gasteiger partial charge is 0.271 e. The van der Waals surface area contributed by atoms with Crippen molar-refractivity contribution in [1.29, 1.82) is 0 Å². The Balaban J connectivity index is 2.36. The van der Waals surface area contributed by atoms with E-state index in [4.69, 9.17) is 16.8 Å². The Morgan fingerprint density at radius 2 is 2.33 bits per heavy atom. The molecule has 6 heteroatoms. The molecule has 18 heavy (non-hydrogen) atoms. The number of rotatable bonds is 3. The molecular formula is C12H16ClN3O2. The van der Waals surface area contributed by atoms with E-state index < -0.39 is 0 Å². The Hall–Kier alpha value is -1.49. The van der Waals surface area contributed by atoms with Crippen LogP contribution in [0.25, 0.3) is 0 Å². The number of carbonyl (C=O) groups is 1. The van der Waals surface area contributed by atoms with Gasteiger partial charge in [0.15, 0.2) is 0 Å². The normalized spacial score (nSPS) is 18.0. The molecule has 98 valence electrons. The summed E-state index contributed by atoms with van der Waals surface area (Å²) in [6, 6.07) is 1.81. The summed E-state index contributed by atoms with van der Waals surface area (Å²) in [6.07, 6.45) is 3.12. The summed E-state index contributed by atoms with van der Waals surface area (Å²) >= 11 is 5.67. The van der Waals surface area contributed by atoms with Crippen molar-refractivity contribution in [3.63, 3.8) is 0 Å². The first-order valence-corrected chi connectivity index (χ1v) is 6.44. The number of halogens is 1. The summed E-state index contributed by atoms with van der Waals surface area (Å²) in [5, 5.41) is 12.4. The molecule has 2 rings (SSSR count). The van der Waals surface area contributed by atoms with E-state index >= 15 is 0 Å². The van der Waals surface area contributed by atoms with Crippen LogP contribution in [0.15, 0.2) is 17.4 Å². The number of aromatic nitrogens is 1. The molecule has 0 bridgehead atoms. The Morgan fingerprint density at radius 3 is 3.00 bits per heavy atom. The molecule has 1 N–H and O–H groups in total. The Labute approximate surface area is 111 Å². The van der Waals surface area contributed by atoms with E-state index in [1.807, 2.05) is 13.1 Å². The second-order valence-corrected chi connectivity index (χ2v) is 4.70. The fraction of sp³-hybridized carbons (Fsp3) is 0.500. The second kappa shape index (κ2) is 5.44. The minimum Gasteiger partial charge on any atom is -0.411 e. The first-order chi connectivity index (χ1) is 8.69. The summed E-state index contributed by atoms with van der Waals surface area (Å²) in [6.45, 7) is 1.19. The lowest BCUT2D eigenvalue weighted by molar-refractivity contribution is 0.0754. The highest BCUT2D eigenvalue weighted by atomic mass is 35.5. The van der Waals surface area contributed by atoms with Crippen LogP contribution in [0.2, 0.25) is 0 Å². The van der Waals surface area contributed by atoms with E-state index in [-0.39, 0.29) is 5.91 Å². The van der Waals surface area contributed by atoms with E-state index in [1.165, 1.54) is 0 Å². The molecule has 5 nitrogen and oxygen atoms in total. The molecule has 0 aromatic carbocycles. The van der Waals surface area contributed by atoms with Crippen molar-refractivity contribution in [1.82, 2.24) is 9.47 Å². The molecule has 0 spiro atoms. The summed E-state index contributed by atoms with van der Waals surface area (Å²) in [5.74, 6) is 0.506. The van der Waals surface area contributed by atoms with Crippen LogP contribution in [0.3, 0.4) is 0 Å². The van der Waals surface area contributed by atoms with Gasteiger partial charge in [-0.2, -0.15) is 0 Å². The molecule has 2 heterocycles. The number of fused-ring (bicyclic) bond motifs is 1. The van der Waals surface area contributed by atoms with Gasteiger partial charge in [0, 0.05) is 44.2 Å². The Morgan fingerprint density at radius 1 is 1.56 bits per heavy atom. The van der Waals surface area contributed by atoms with Crippen molar-refractivity contribution in [3.05, 3.63) is 23.5 Å². The van der Waals surface area contributed by atoms with E-state index in [1.54, 1.807) is 15.7 Å². The highest BCUT2D eigenvalue weighted by molar-refractivity contribution is 6.17. The largest absolute Gasteiger partial charge is 0.411 e. The number of oxime groups is 1. The zero-order chi connectivity index (χ0) is 13.1. The lowest BCUT2D eigenvalue weighted by Crippen LogP contribution is -2.33. The average Bonchev–Trinajstić information content (AvgIpc) is 2.68. The van der Waals surface area contributed by atoms with E-state index in [0.29, 0.717) is 36.8 Å².